The number of anilines is 1. The van der Waals surface area contributed by atoms with E-state index in [2.05, 4.69) is 9.88 Å². The molecule has 1 aliphatic rings. The molecule has 122 valence electrons. The van der Waals surface area contributed by atoms with Crippen molar-refractivity contribution in [2.24, 2.45) is 13.0 Å². The molecule has 23 heavy (non-hydrogen) atoms. The van der Waals surface area contributed by atoms with Crippen LogP contribution in [-0.2, 0) is 13.5 Å². The van der Waals surface area contributed by atoms with Crippen LogP contribution in [0.4, 0.5) is 10.2 Å². The Morgan fingerprint density at radius 3 is 2.74 bits per heavy atom. The Labute approximate surface area is 135 Å². The molecular weight excluding hydrogens is 293 g/mol. The molecule has 0 amide bonds. The zero-order valence-corrected chi connectivity index (χ0v) is 13.4. The molecule has 2 heterocycles. The predicted molar refractivity (Wildman–Crippen MR) is 89.1 cm³/mol. The molecule has 0 bridgehead atoms. The summed E-state index contributed by atoms with van der Waals surface area (Å²) in [6, 6.07) is 7.00. The van der Waals surface area contributed by atoms with Gasteiger partial charge in [0.15, 0.2) is 5.82 Å². The van der Waals surface area contributed by atoms with Gasteiger partial charge < -0.3 is 9.47 Å². The summed E-state index contributed by atoms with van der Waals surface area (Å²) in [5.74, 6) is 1.02. The molecule has 0 atom stereocenters. The van der Waals surface area contributed by atoms with Gasteiger partial charge in [0, 0.05) is 32.5 Å². The van der Waals surface area contributed by atoms with Gasteiger partial charge in [-0.05, 0) is 43.2 Å². The second-order valence-corrected chi connectivity index (χ2v) is 6.23. The SMILES string of the molecule is Cn1ccnc(N2CCC(CCc3ccccc3F)CC2)c1=O. The predicted octanol–water partition coefficient (Wildman–Crippen LogP) is 2.77. The minimum Gasteiger partial charge on any atom is -0.352 e. The highest BCUT2D eigenvalue weighted by atomic mass is 19.1. The third-order valence-corrected chi connectivity index (χ3v) is 4.69. The van der Waals surface area contributed by atoms with Gasteiger partial charge >= 0.3 is 0 Å². The highest BCUT2D eigenvalue weighted by Gasteiger charge is 2.22. The Bertz CT molecular complexity index is 720. The Hall–Kier alpha value is -2.17. The average Bonchev–Trinajstić information content (AvgIpc) is 2.57. The number of aromatic nitrogens is 2. The second kappa shape index (κ2) is 6.94. The van der Waals surface area contributed by atoms with Gasteiger partial charge in [-0.1, -0.05) is 18.2 Å². The fourth-order valence-electron chi connectivity index (χ4n) is 3.20. The van der Waals surface area contributed by atoms with Crippen LogP contribution in [0.5, 0.6) is 0 Å². The van der Waals surface area contributed by atoms with E-state index in [4.69, 9.17) is 0 Å². The molecule has 0 saturated carbocycles. The molecule has 2 aromatic rings. The molecule has 0 N–H and O–H groups in total. The zero-order valence-electron chi connectivity index (χ0n) is 13.4. The third kappa shape index (κ3) is 3.60. The molecule has 1 aromatic carbocycles. The van der Waals surface area contributed by atoms with E-state index in [9.17, 15) is 9.18 Å². The molecule has 0 spiro atoms. The molecule has 0 unspecified atom stereocenters. The van der Waals surface area contributed by atoms with Crippen LogP contribution < -0.4 is 10.5 Å². The Kier molecular flexibility index (Phi) is 4.74. The van der Waals surface area contributed by atoms with E-state index in [1.807, 2.05) is 12.1 Å². The molecule has 0 radical (unpaired) electrons. The van der Waals surface area contributed by atoms with E-state index in [1.165, 1.54) is 6.07 Å². The van der Waals surface area contributed by atoms with Crippen molar-refractivity contribution in [3.63, 3.8) is 0 Å². The normalized spacial score (nSPS) is 15.8. The van der Waals surface area contributed by atoms with Crippen molar-refractivity contribution in [3.05, 3.63) is 58.4 Å². The molecule has 1 fully saturated rings. The number of hydrogen-bond acceptors (Lipinski definition) is 3. The molecule has 1 aliphatic heterocycles. The van der Waals surface area contributed by atoms with E-state index >= 15 is 0 Å². The minimum atomic E-state index is -0.109. The summed E-state index contributed by atoms with van der Waals surface area (Å²) >= 11 is 0. The smallest absolute Gasteiger partial charge is 0.293 e. The van der Waals surface area contributed by atoms with Gasteiger partial charge in [0.2, 0.25) is 0 Å². The van der Waals surface area contributed by atoms with Gasteiger partial charge in [-0.25, -0.2) is 9.37 Å². The topological polar surface area (TPSA) is 38.1 Å². The van der Waals surface area contributed by atoms with E-state index in [1.54, 1.807) is 30.1 Å². The van der Waals surface area contributed by atoms with E-state index in [0.29, 0.717) is 11.7 Å². The van der Waals surface area contributed by atoms with Crippen LogP contribution >= 0.6 is 0 Å². The fraction of sp³-hybridized carbons (Fsp3) is 0.444. The Morgan fingerprint density at radius 1 is 1.26 bits per heavy atom. The maximum atomic E-state index is 13.7. The highest BCUT2D eigenvalue weighted by molar-refractivity contribution is 5.36. The number of piperidine rings is 1. The summed E-state index contributed by atoms with van der Waals surface area (Å²) in [4.78, 5) is 18.4. The van der Waals surface area contributed by atoms with Gasteiger partial charge in [-0.2, -0.15) is 0 Å². The van der Waals surface area contributed by atoms with Crippen molar-refractivity contribution >= 4 is 5.82 Å². The van der Waals surface area contributed by atoms with Gasteiger partial charge in [-0.15, -0.1) is 0 Å². The standard InChI is InChI=1S/C18H22FN3O/c1-21-13-10-20-17(18(21)23)22-11-8-14(9-12-22)6-7-15-4-2-3-5-16(15)19/h2-5,10,13-14H,6-9,11-12H2,1H3. The number of aryl methyl sites for hydroxylation is 2. The molecule has 0 aliphatic carbocycles. The number of rotatable bonds is 4. The third-order valence-electron chi connectivity index (χ3n) is 4.69. The summed E-state index contributed by atoms with van der Waals surface area (Å²) in [5.41, 5.74) is 0.755. The first-order valence-corrected chi connectivity index (χ1v) is 8.15. The van der Waals surface area contributed by atoms with Gasteiger partial charge in [0.1, 0.15) is 5.82 Å². The summed E-state index contributed by atoms with van der Waals surface area (Å²) in [7, 11) is 1.74. The second-order valence-electron chi connectivity index (χ2n) is 6.23. The van der Waals surface area contributed by atoms with Gasteiger partial charge in [-0.3, -0.25) is 4.79 Å². The van der Waals surface area contributed by atoms with Gasteiger partial charge in [0.05, 0.1) is 0 Å². The number of halogens is 1. The Morgan fingerprint density at radius 2 is 2.00 bits per heavy atom. The van der Waals surface area contributed by atoms with Crippen molar-refractivity contribution < 1.29 is 4.39 Å². The molecular formula is C18H22FN3O. The van der Waals surface area contributed by atoms with Crippen LogP contribution in [-0.4, -0.2) is 22.6 Å². The van der Waals surface area contributed by atoms with Crippen LogP contribution in [0.1, 0.15) is 24.8 Å². The first-order chi connectivity index (χ1) is 11.1. The van der Waals surface area contributed by atoms with E-state index in [-0.39, 0.29) is 11.4 Å². The van der Waals surface area contributed by atoms with Crippen molar-refractivity contribution in [2.75, 3.05) is 18.0 Å². The molecule has 1 saturated heterocycles. The van der Waals surface area contributed by atoms with E-state index in [0.717, 1.165) is 44.3 Å². The number of hydrogen-bond donors (Lipinski definition) is 0. The lowest BCUT2D eigenvalue weighted by Crippen LogP contribution is -2.38. The van der Waals surface area contributed by atoms with Crippen LogP contribution in [0.3, 0.4) is 0 Å². The summed E-state index contributed by atoms with van der Waals surface area (Å²) in [5, 5.41) is 0. The summed E-state index contributed by atoms with van der Waals surface area (Å²) in [6.45, 7) is 1.68. The average molecular weight is 315 g/mol. The zero-order chi connectivity index (χ0) is 16.2. The van der Waals surface area contributed by atoms with Crippen molar-refractivity contribution in [3.8, 4) is 0 Å². The lowest BCUT2D eigenvalue weighted by molar-refractivity contribution is 0.378. The first kappa shape index (κ1) is 15.7. The minimum absolute atomic E-state index is 0.0442. The van der Waals surface area contributed by atoms with Crippen LogP contribution in [0, 0.1) is 11.7 Å². The van der Waals surface area contributed by atoms with Crippen molar-refractivity contribution in [1.82, 2.24) is 9.55 Å². The first-order valence-electron chi connectivity index (χ1n) is 8.15. The quantitative estimate of drug-likeness (QED) is 0.871. The maximum Gasteiger partial charge on any atom is 0.293 e. The highest BCUT2D eigenvalue weighted by Crippen LogP contribution is 2.24. The van der Waals surface area contributed by atoms with Gasteiger partial charge in [0.25, 0.3) is 5.56 Å². The van der Waals surface area contributed by atoms with Crippen LogP contribution in [0.25, 0.3) is 0 Å². The lowest BCUT2D eigenvalue weighted by atomic mass is 9.90. The molecule has 1 aromatic heterocycles. The number of nitrogens with zero attached hydrogens (tertiary/aromatic N) is 3. The molecule has 4 nitrogen and oxygen atoms in total. The lowest BCUT2D eigenvalue weighted by Gasteiger charge is -2.32. The Balaban J connectivity index is 1.55. The number of benzene rings is 1. The maximum absolute atomic E-state index is 13.7. The van der Waals surface area contributed by atoms with Crippen LogP contribution in [0.2, 0.25) is 0 Å². The fourth-order valence-corrected chi connectivity index (χ4v) is 3.20. The van der Waals surface area contributed by atoms with Crippen molar-refractivity contribution in [2.45, 2.75) is 25.7 Å². The summed E-state index contributed by atoms with van der Waals surface area (Å²) < 4.78 is 15.2. The molecule has 5 heteroatoms. The van der Waals surface area contributed by atoms with Crippen molar-refractivity contribution in [1.29, 1.82) is 0 Å². The van der Waals surface area contributed by atoms with E-state index < -0.39 is 0 Å². The van der Waals surface area contributed by atoms with Crippen LogP contribution in [0.15, 0.2) is 41.5 Å². The largest absolute Gasteiger partial charge is 0.352 e. The monoisotopic (exact) mass is 315 g/mol. The summed E-state index contributed by atoms with van der Waals surface area (Å²) in [6.07, 6.45) is 7.16. The molecule has 3 rings (SSSR count).